The molecule has 0 atom stereocenters. The quantitative estimate of drug-likeness (QED) is 0.931. The number of nitrogens with zero attached hydrogens (tertiary/aromatic N) is 2. The molecular weight excluding hydrogens is 269 g/mol. The Bertz CT molecular complexity index is 544. The molecule has 0 aliphatic carbocycles. The molecule has 0 unspecified atom stereocenters. The molecule has 18 heavy (non-hydrogen) atoms. The van der Waals surface area contributed by atoms with E-state index in [1.807, 2.05) is 12.1 Å². The minimum absolute atomic E-state index is 0.509. The predicted molar refractivity (Wildman–Crippen MR) is 74.9 cm³/mol. The molecule has 0 amide bonds. The zero-order chi connectivity index (χ0) is 13.0. The molecule has 1 heterocycles. The third-order valence-electron chi connectivity index (χ3n) is 2.45. The highest BCUT2D eigenvalue weighted by Crippen LogP contribution is 2.26. The van der Waals surface area contributed by atoms with Crippen molar-refractivity contribution in [1.82, 2.24) is 15.3 Å². The Balaban J connectivity index is 2.29. The van der Waals surface area contributed by atoms with Gasteiger partial charge in [-0.05, 0) is 30.8 Å². The number of benzene rings is 1. The summed E-state index contributed by atoms with van der Waals surface area (Å²) in [6.07, 6.45) is 1.75. The van der Waals surface area contributed by atoms with Crippen LogP contribution in [-0.4, -0.2) is 16.5 Å². The highest BCUT2D eigenvalue weighted by molar-refractivity contribution is 6.42. The van der Waals surface area contributed by atoms with Crippen LogP contribution < -0.4 is 5.32 Å². The third-order valence-corrected chi connectivity index (χ3v) is 3.19. The minimum Gasteiger partial charge on any atom is -0.311 e. The molecule has 0 aliphatic rings. The van der Waals surface area contributed by atoms with Crippen LogP contribution in [0.4, 0.5) is 0 Å². The van der Waals surface area contributed by atoms with Gasteiger partial charge in [0.15, 0.2) is 5.82 Å². The SMILES string of the molecule is CCNCc1ccnc(-c2ccc(Cl)c(Cl)c2)n1. The number of nitrogens with one attached hydrogen (secondary N) is 1. The van der Waals surface area contributed by atoms with Crippen LogP contribution in [0.5, 0.6) is 0 Å². The van der Waals surface area contributed by atoms with Crippen molar-refractivity contribution in [3.8, 4) is 11.4 Å². The summed E-state index contributed by atoms with van der Waals surface area (Å²) in [6.45, 7) is 3.69. The smallest absolute Gasteiger partial charge is 0.159 e. The van der Waals surface area contributed by atoms with Crippen molar-refractivity contribution in [2.45, 2.75) is 13.5 Å². The van der Waals surface area contributed by atoms with Crippen LogP contribution in [-0.2, 0) is 6.54 Å². The highest BCUT2D eigenvalue weighted by atomic mass is 35.5. The lowest BCUT2D eigenvalue weighted by Crippen LogP contribution is -2.13. The largest absolute Gasteiger partial charge is 0.311 e. The molecule has 0 bridgehead atoms. The normalized spacial score (nSPS) is 10.6. The first-order valence-electron chi connectivity index (χ1n) is 5.68. The Kier molecular flexibility index (Phi) is 4.53. The molecule has 0 radical (unpaired) electrons. The van der Waals surface area contributed by atoms with E-state index in [2.05, 4.69) is 22.2 Å². The summed E-state index contributed by atoms with van der Waals surface area (Å²) in [5.41, 5.74) is 1.82. The van der Waals surface area contributed by atoms with Crippen molar-refractivity contribution in [3.63, 3.8) is 0 Å². The maximum absolute atomic E-state index is 5.99. The van der Waals surface area contributed by atoms with Crippen molar-refractivity contribution in [3.05, 3.63) is 46.2 Å². The Labute approximate surface area is 116 Å². The summed E-state index contributed by atoms with van der Waals surface area (Å²) < 4.78 is 0. The lowest BCUT2D eigenvalue weighted by Gasteiger charge is -2.05. The van der Waals surface area contributed by atoms with Crippen molar-refractivity contribution < 1.29 is 0 Å². The summed E-state index contributed by atoms with van der Waals surface area (Å²) in [5.74, 6) is 0.656. The van der Waals surface area contributed by atoms with Gasteiger partial charge in [0.25, 0.3) is 0 Å². The van der Waals surface area contributed by atoms with E-state index in [-0.39, 0.29) is 0 Å². The second-order valence-corrected chi connectivity index (χ2v) is 4.60. The van der Waals surface area contributed by atoms with E-state index >= 15 is 0 Å². The Morgan fingerprint density at radius 2 is 2.00 bits per heavy atom. The van der Waals surface area contributed by atoms with Gasteiger partial charge in [0.2, 0.25) is 0 Å². The second-order valence-electron chi connectivity index (χ2n) is 3.78. The van der Waals surface area contributed by atoms with Gasteiger partial charge in [0.05, 0.1) is 15.7 Å². The summed E-state index contributed by atoms with van der Waals surface area (Å²) in [7, 11) is 0. The van der Waals surface area contributed by atoms with Crippen molar-refractivity contribution in [2.75, 3.05) is 6.54 Å². The molecule has 2 rings (SSSR count). The standard InChI is InChI=1S/C13H13Cl2N3/c1-2-16-8-10-5-6-17-13(18-10)9-3-4-11(14)12(15)7-9/h3-7,16H,2,8H2,1H3. The van der Waals surface area contributed by atoms with Gasteiger partial charge in [0.1, 0.15) is 0 Å². The molecule has 0 saturated carbocycles. The molecule has 0 aliphatic heterocycles. The molecule has 1 aromatic carbocycles. The van der Waals surface area contributed by atoms with Gasteiger partial charge in [-0.25, -0.2) is 9.97 Å². The van der Waals surface area contributed by atoms with Gasteiger partial charge in [-0.3, -0.25) is 0 Å². The molecule has 3 nitrogen and oxygen atoms in total. The van der Waals surface area contributed by atoms with E-state index < -0.39 is 0 Å². The number of hydrogen-bond donors (Lipinski definition) is 1. The Hall–Kier alpha value is -1.16. The molecule has 94 valence electrons. The first-order chi connectivity index (χ1) is 8.70. The molecule has 0 fully saturated rings. The maximum Gasteiger partial charge on any atom is 0.159 e. The van der Waals surface area contributed by atoms with Crippen molar-refractivity contribution >= 4 is 23.2 Å². The van der Waals surface area contributed by atoms with Gasteiger partial charge >= 0.3 is 0 Å². The minimum atomic E-state index is 0.509. The molecule has 0 saturated heterocycles. The van der Waals surface area contributed by atoms with E-state index in [0.29, 0.717) is 15.9 Å². The monoisotopic (exact) mass is 281 g/mol. The topological polar surface area (TPSA) is 37.8 Å². The van der Waals surface area contributed by atoms with Crippen LogP contribution in [0.3, 0.4) is 0 Å². The van der Waals surface area contributed by atoms with E-state index in [1.165, 1.54) is 0 Å². The number of aromatic nitrogens is 2. The lowest BCUT2D eigenvalue weighted by atomic mass is 10.2. The first-order valence-corrected chi connectivity index (χ1v) is 6.44. The van der Waals surface area contributed by atoms with Gasteiger partial charge in [0, 0.05) is 18.3 Å². The predicted octanol–water partition coefficient (Wildman–Crippen LogP) is 3.56. The average Bonchev–Trinajstić information content (AvgIpc) is 2.40. The average molecular weight is 282 g/mol. The van der Waals surface area contributed by atoms with Crippen LogP contribution in [0.15, 0.2) is 30.5 Å². The Morgan fingerprint density at radius 1 is 1.17 bits per heavy atom. The fraction of sp³-hybridized carbons (Fsp3) is 0.231. The number of rotatable bonds is 4. The van der Waals surface area contributed by atoms with Gasteiger partial charge in [-0.2, -0.15) is 0 Å². The molecule has 1 N–H and O–H groups in total. The number of hydrogen-bond acceptors (Lipinski definition) is 3. The summed E-state index contributed by atoms with van der Waals surface area (Å²) >= 11 is 11.9. The molecule has 2 aromatic rings. The zero-order valence-electron chi connectivity index (χ0n) is 9.95. The van der Waals surface area contributed by atoms with Crippen LogP contribution in [0.1, 0.15) is 12.6 Å². The van der Waals surface area contributed by atoms with E-state index in [4.69, 9.17) is 23.2 Å². The fourth-order valence-electron chi connectivity index (χ4n) is 1.52. The first kappa shape index (κ1) is 13.3. The zero-order valence-corrected chi connectivity index (χ0v) is 11.5. The third kappa shape index (κ3) is 3.19. The second kappa shape index (κ2) is 6.14. The number of halogens is 2. The van der Waals surface area contributed by atoms with Crippen molar-refractivity contribution in [1.29, 1.82) is 0 Å². The van der Waals surface area contributed by atoms with Crippen LogP contribution >= 0.6 is 23.2 Å². The Morgan fingerprint density at radius 3 is 2.72 bits per heavy atom. The molecule has 5 heteroatoms. The van der Waals surface area contributed by atoms with Crippen molar-refractivity contribution in [2.24, 2.45) is 0 Å². The highest BCUT2D eigenvalue weighted by Gasteiger charge is 2.05. The van der Waals surface area contributed by atoms with Gasteiger partial charge in [-0.1, -0.05) is 30.1 Å². The van der Waals surface area contributed by atoms with Gasteiger partial charge in [-0.15, -0.1) is 0 Å². The molecule has 1 aromatic heterocycles. The molecular formula is C13H13Cl2N3. The summed E-state index contributed by atoms with van der Waals surface area (Å²) in [6, 6.07) is 7.28. The van der Waals surface area contributed by atoms with E-state index in [1.54, 1.807) is 18.3 Å². The van der Waals surface area contributed by atoms with Gasteiger partial charge < -0.3 is 5.32 Å². The van der Waals surface area contributed by atoms with Crippen LogP contribution in [0, 0.1) is 0 Å². The summed E-state index contributed by atoms with van der Waals surface area (Å²) in [5, 5.41) is 4.27. The van der Waals surface area contributed by atoms with Crippen LogP contribution in [0.2, 0.25) is 10.0 Å². The molecule has 0 spiro atoms. The van der Waals surface area contributed by atoms with E-state index in [9.17, 15) is 0 Å². The lowest BCUT2D eigenvalue weighted by molar-refractivity contribution is 0.709. The fourth-order valence-corrected chi connectivity index (χ4v) is 1.82. The van der Waals surface area contributed by atoms with E-state index in [0.717, 1.165) is 24.3 Å². The summed E-state index contributed by atoms with van der Waals surface area (Å²) in [4.78, 5) is 8.72. The maximum atomic E-state index is 5.99. The van der Waals surface area contributed by atoms with Crippen LogP contribution in [0.25, 0.3) is 11.4 Å².